The molecule has 2 nitrogen and oxygen atoms in total. The maximum atomic E-state index is 12.1. The molecule has 0 radical (unpaired) electrons. The SMILES string of the molecule is C=CC[SiH-](C)(C)OC(=O)C(=C)C(F)(F)F. The Kier molecular flexibility index (Phi) is 4.33. The second kappa shape index (κ2) is 4.65. The number of hydrogen-bond donors (Lipinski definition) is 0. The Morgan fingerprint density at radius 1 is 1.47 bits per heavy atom. The van der Waals surface area contributed by atoms with E-state index in [4.69, 9.17) is 4.43 Å². The predicted molar refractivity (Wildman–Crippen MR) is 55.2 cm³/mol. The summed E-state index contributed by atoms with van der Waals surface area (Å²) in [7, 11) is -2.72. The fraction of sp³-hybridized carbons (Fsp3) is 0.444. The molecule has 0 spiro atoms. The molecule has 0 aliphatic heterocycles. The van der Waals surface area contributed by atoms with Crippen molar-refractivity contribution in [2.24, 2.45) is 0 Å². The van der Waals surface area contributed by atoms with Crippen LogP contribution in [0, 0.1) is 0 Å². The van der Waals surface area contributed by atoms with Gasteiger partial charge in [0.2, 0.25) is 0 Å². The van der Waals surface area contributed by atoms with Crippen molar-refractivity contribution in [3.8, 4) is 0 Å². The van der Waals surface area contributed by atoms with Crippen molar-refractivity contribution in [1.82, 2.24) is 0 Å². The van der Waals surface area contributed by atoms with Gasteiger partial charge in [-0.2, -0.15) is 0 Å². The van der Waals surface area contributed by atoms with Crippen LogP contribution in [0.5, 0.6) is 0 Å². The van der Waals surface area contributed by atoms with Crippen LogP contribution in [0.25, 0.3) is 0 Å². The molecule has 0 aromatic carbocycles. The van der Waals surface area contributed by atoms with Crippen LogP contribution in [0.1, 0.15) is 0 Å². The normalized spacial score (nSPS) is 13.1. The first-order valence-electron chi connectivity index (χ1n) is 4.44. The first-order chi connectivity index (χ1) is 6.60. The quantitative estimate of drug-likeness (QED) is 0.428. The molecule has 0 saturated heterocycles. The molecular weight excluding hydrogens is 225 g/mol. The monoisotopic (exact) mass is 239 g/mol. The molecule has 15 heavy (non-hydrogen) atoms. The van der Waals surface area contributed by atoms with E-state index >= 15 is 0 Å². The summed E-state index contributed by atoms with van der Waals surface area (Å²) in [5.74, 6) is -1.38. The number of carbonyl (C=O) groups excluding carboxylic acids is 1. The molecule has 0 heterocycles. The van der Waals surface area contributed by atoms with Gasteiger partial charge in [-0.1, -0.05) is 0 Å². The van der Waals surface area contributed by atoms with E-state index in [9.17, 15) is 18.0 Å². The van der Waals surface area contributed by atoms with Gasteiger partial charge in [0.25, 0.3) is 0 Å². The molecule has 6 heteroatoms. The average Bonchev–Trinajstić information content (AvgIpc) is 1.99. The zero-order valence-corrected chi connectivity index (χ0v) is 9.88. The molecule has 0 rings (SSSR count). The third-order valence-electron chi connectivity index (χ3n) is 1.75. The van der Waals surface area contributed by atoms with E-state index in [0.717, 1.165) is 0 Å². The zero-order valence-electron chi connectivity index (χ0n) is 8.73. The molecule has 0 unspecified atom stereocenters. The minimum absolute atomic E-state index is 0.434. The topological polar surface area (TPSA) is 26.3 Å². The standard InChI is InChI=1S/C9H14F3O2Si/c1-5-6-15(3,4)14-8(13)7(2)9(10,11)12/h5,15H,1-2,6H2,3-4H3/q-1. The van der Waals surface area contributed by atoms with Gasteiger partial charge < -0.3 is 0 Å². The second-order valence-electron chi connectivity index (χ2n) is 3.94. The molecule has 0 atom stereocenters. The van der Waals surface area contributed by atoms with Crippen molar-refractivity contribution >= 4 is 14.3 Å². The third kappa shape index (κ3) is 4.82. The number of carbonyl (C=O) groups is 1. The van der Waals surface area contributed by atoms with Crippen molar-refractivity contribution in [2.45, 2.75) is 25.3 Å². The van der Waals surface area contributed by atoms with Gasteiger partial charge in [-0.3, -0.25) is 0 Å². The van der Waals surface area contributed by atoms with E-state index in [-0.39, 0.29) is 0 Å². The number of hydrogen-bond acceptors (Lipinski definition) is 2. The van der Waals surface area contributed by atoms with Crippen molar-refractivity contribution in [2.75, 3.05) is 0 Å². The Morgan fingerprint density at radius 3 is 2.27 bits per heavy atom. The molecule has 88 valence electrons. The molecular formula is C9H14F3O2Si-. The Hall–Kier alpha value is -1.04. The van der Waals surface area contributed by atoms with Gasteiger partial charge in [-0.05, 0) is 0 Å². The van der Waals surface area contributed by atoms with Crippen LogP contribution < -0.4 is 0 Å². The molecule has 0 bridgehead atoms. The van der Waals surface area contributed by atoms with Crippen LogP contribution in [-0.4, -0.2) is 20.5 Å². The fourth-order valence-corrected chi connectivity index (χ4v) is 2.55. The van der Waals surface area contributed by atoms with Gasteiger partial charge in [-0.15, -0.1) is 0 Å². The molecule has 0 aliphatic rings. The Bertz CT molecular complexity index is 282. The van der Waals surface area contributed by atoms with Gasteiger partial charge >= 0.3 is 86.8 Å². The molecule has 0 amide bonds. The van der Waals surface area contributed by atoms with Crippen LogP contribution >= 0.6 is 0 Å². The third-order valence-corrected chi connectivity index (χ3v) is 4.07. The van der Waals surface area contributed by atoms with Crippen LogP contribution in [0.2, 0.25) is 19.1 Å². The molecule has 0 aromatic rings. The van der Waals surface area contributed by atoms with Gasteiger partial charge in [-0.25, -0.2) is 0 Å². The number of halogens is 3. The molecule has 0 aromatic heterocycles. The first-order valence-corrected chi connectivity index (χ1v) is 8.04. The van der Waals surface area contributed by atoms with Crippen molar-refractivity contribution in [1.29, 1.82) is 0 Å². The zero-order chi connectivity index (χ0) is 12.3. The number of rotatable bonds is 4. The van der Waals surface area contributed by atoms with Crippen LogP contribution in [0.15, 0.2) is 24.8 Å². The van der Waals surface area contributed by atoms with Gasteiger partial charge in [0.1, 0.15) is 0 Å². The summed E-state index contributed by atoms with van der Waals surface area (Å²) in [5.41, 5.74) is -1.46. The van der Waals surface area contributed by atoms with E-state index in [1.165, 1.54) is 6.08 Å². The maximum absolute atomic E-state index is 12.1. The second-order valence-corrected chi connectivity index (χ2v) is 8.71. The first kappa shape index (κ1) is 14.0. The van der Waals surface area contributed by atoms with E-state index in [0.29, 0.717) is 6.04 Å². The number of alkyl halides is 3. The molecule has 0 aliphatic carbocycles. The summed E-state index contributed by atoms with van der Waals surface area (Å²) >= 11 is 0. The minimum atomic E-state index is -4.72. The van der Waals surface area contributed by atoms with E-state index in [2.05, 4.69) is 13.2 Å². The Balaban J connectivity index is 4.51. The van der Waals surface area contributed by atoms with E-state index in [1.54, 1.807) is 13.1 Å². The summed E-state index contributed by atoms with van der Waals surface area (Å²) in [6.07, 6.45) is -3.19. The summed E-state index contributed by atoms with van der Waals surface area (Å²) in [6, 6.07) is 0.434. The summed E-state index contributed by atoms with van der Waals surface area (Å²) < 4.78 is 41.0. The van der Waals surface area contributed by atoms with E-state index in [1.807, 2.05) is 0 Å². The Labute approximate surface area is 87.6 Å². The van der Waals surface area contributed by atoms with Gasteiger partial charge in [0.05, 0.1) is 0 Å². The Morgan fingerprint density at radius 2 is 1.93 bits per heavy atom. The van der Waals surface area contributed by atoms with Crippen LogP contribution in [-0.2, 0) is 9.22 Å². The fourth-order valence-electron chi connectivity index (χ4n) is 0.926. The molecule has 0 fully saturated rings. The van der Waals surface area contributed by atoms with Crippen molar-refractivity contribution < 1.29 is 22.4 Å². The molecule has 0 saturated carbocycles. The van der Waals surface area contributed by atoms with Crippen LogP contribution in [0.3, 0.4) is 0 Å². The summed E-state index contributed by atoms with van der Waals surface area (Å²) in [6.45, 7) is 9.45. The number of allylic oxidation sites excluding steroid dienone is 1. The van der Waals surface area contributed by atoms with Crippen molar-refractivity contribution in [3.05, 3.63) is 24.8 Å². The van der Waals surface area contributed by atoms with Crippen molar-refractivity contribution in [3.63, 3.8) is 0 Å². The summed E-state index contributed by atoms with van der Waals surface area (Å²) in [4.78, 5) is 11.0. The average molecular weight is 239 g/mol. The summed E-state index contributed by atoms with van der Waals surface area (Å²) in [5, 5.41) is 0. The van der Waals surface area contributed by atoms with Gasteiger partial charge in [0.15, 0.2) is 0 Å². The van der Waals surface area contributed by atoms with Crippen LogP contribution in [0.4, 0.5) is 13.2 Å². The molecule has 0 N–H and O–H groups in total. The van der Waals surface area contributed by atoms with E-state index < -0.39 is 26.0 Å². The van der Waals surface area contributed by atoms with Gasteiger partial charge in [0, 0.05) is 0 Å². The predicted octanol–water partition coefficient (Wildman–Crippen LogP) is 2.77.